The molecule has 0 bridgehead atoms. The Hall–Kier alpha value is -3.01. The molecule has 0 fully saturated rings. The van der Waals surface area contributed by atoms with E-state index in [2.05, 4.69) is 18.7 Å². The van der Waals surface area contributed by atoms with Crippen LogP contribution in [0.3, 0.4) is 0 Å². The van der Waals surface area contributed by atoms with E-state index in [4.69, 9.17) is 14.2 Å². The van der Waals surface area contributed by atoms with Crippen molar-refractivity contribution >= 4 is 12.0 Å². The molecule has 4 nitrogen and oxygen atoms in total. The van der Waals surface area contributed by atoms with E-state index in [9.17, 15) is 4.79 Å². The average Bonchev–Trinajstić information content (AvgIpc) is 2.64. The van der Waals surface area contributed by atoms with E-state index >= 15 is 0 Å². The summed E-state index contributed by atoms with van der Waals surface area (Å²) in [6.45, 7) is 6.19. The third kappa shape index (κ3) is 5.84. The molecule has 130 valence electrons. The van der Waals surface area contributed by atoms with Crippen molar-refractivity contribution in [2.75, 3.05) is 13.7 Å². The Kier molecular flexibility index (Phi) is 6.84. The normalized spacial score (nSPS) is 10.5. The molecule has 0 N–H and O–H groups in total. The number of methoxy groups -OCH3 is 1. The van der Waals surface area contributed by atoms with Crippen molar-refractivity contribution in [2.45, 2.75) is 13.5 Å². The van der Waals surface area contributed by atoms with Gasteiger partial charge < -0.3 is 14.2 Å². The Labute approximate surface area is 148 Å². The molecule has 4 heteroatoms. The lowest BCUT2D eigenvalue weighted by atomic mass is 10.1. The molecule has 0 radical (unpaired) electrons. The van der Waals surface area contributed by atoms with Crippen molar-refractivity contribution in [3.63, 3.8) is 0 Å². The Balaban J connectivity index is 2.03. The number of benzene rings is 2. The summed E-state index contributed by atoms with van der Waals surface area (Å²) in [7, 11) is 1.58. The summed E-state index contributed by atoms with van der Waals surface area (Å²) in [5, 5.41) is 0. The van der Waals surface area contributed by atoms with Gasteiger partial charge in [0, 0.05) is 6.08 Å². The SMILES string of the molecule is C=CCOC(=O)/C=C/c1ccc(OCc2ccc(C)cc2)c(OC)c1. The van der Waals surface area contributed by atoms with Gasteiger partial charge in [-0.15, -0.1) is 0 Å². The fourth-order valence-electron chi connectivity index (χ4n) is 2.11. The van der Waals surface area contributed by atoms with Gasteiger partial charge in [0.25, 0.3) is 0 Å². The Bertz CT molecular complexity index is 745. The fourth-order valence-corrected chi connectivity index (χ4v) is 2.11. The summed E-state index contributed by atoms with van der Waals surface area (Å²) in [5.74, 6) is 0.835. The van der Waals surface area contributed by atoms with Crippen LogP contribution in [0, 0.1) is 6.92 Å². The largest absolute Gasteiger partial charge is 0.493 e. The van der Waals surface area contributed by atoms with Gasteiger partial charge in [-0.1, -0.05) is 48.6 Å². The van der Waals surface area contributed by atoms with Gasteiger partial charge in [0.15, 0.2) is 11.5 Å². The Morgan fingerprint density at radius 3 is 2.56 bits per heavy atom. The monoisotopic (exact) mass is 338 g/mol. The molecule has 0 unspecified atom stereocenters. The number of rotatable bonds is 8. The second kappa shape index (κ2) is 9.33. The van der Waals surface area contributed by atoms with Crippen LogP contribution in [0.25, 0.3) is 6.08 Å². The summed E-state index contributed by atoms with van der Waals surface area (Å²) in [5.41, 5.74) is 3.11. The van der Waals surface area contributed by atoms with Crippen molar-refractivity contribution in [2.24, 2.45) is 0 Å². The van der Waals surface area contributed by atoms with E-state index < -0.39 is 5.97 Å². The minimum absolute atomic E-state index is 0.193. The molecule has 2 aromatic rings. The Morgan fingerprint density at radius 2 is 1.88 bits per heavy atom. The van der Waals surface area contributed by atoms with Crippen molar-refractivity contribution in [1.29, 1.82) is 0 Å². The highest BCUT2D eigenvalue weighted by Crippen LogP contribution is 2.29. The summed E-state index contributed by atoms with van der Waals surface area (Å²) >= 11 is 0. The zero-order valence-electron chi connectivity index (χ0n) is 14.5. The molecule has 0 atom stereocenters. The van der Waals surface area contributed by atoms with E-state index in [0.717, 1.165) is 11.1 Å². The van der Waals surface area contributed by atoms with Crippen LogP contribution in [-0.4, -0.2) is 19.7 Å². The lowest BCUT2D eigenvalue weighted by molar-refractivity contribution is -0.136. The molecule has 2 rings (SSSR count). The highest BCUT2D eigenvalue weighted by atomic mass is 16.5. The van der Waals surface area contributed by atoms with Crippen LogP contribution in [0.4, 0.5) is 0 Å². The molecule has 0 saturated heterocycles. The molecular formula is C21H22O4. The van der Waals surface area contributed by atoms with Crippen molar-refractivity contribution in [1.82, 2.24) is 0 Å². The van der Waals surface area contributed by atoms with E-state index in [0.29, 0.717) is 18.1 Å². The maximum Gasteiger partial charge on any atom is 0.331 e. The fraction of sp³-hybridized carbons (Fsp3) is 0.190. The molecule has 0 aliphatic carbocycles. The molecule has 0 heterocycles. The highest BCUT2D eigenvalue weighted by Gasteiger charge is 2.06. The van der Waals surface area contributed by atoms with Crippen LogP contribution in [-0.2, 0) is 16.1 Å². The summed E-state index contributed by atoms with van der Waals surface area (Å²) < 4.78 is 16.1. The van der Waals surface area contributed by atoms with Crippen molar-refractivity contribution < 1.29 is 19.0 Å². The van der Waals surface area contributed by atoms with E-state index in [1.165, 1.54) is 17.7 Å². The summed E-state index contributed by atoms with van der Waals surface area (Å²) in [6, 6.07) is 13.7. The quantitative estimate of drug-likeness (QED) is 0.408. The first-order valence-electron chi connectivity index (χ1n) is 7.94. The van der Waals surface area contributed by atoms with Gasteiger partial charge in [-0.2, -0.15) is 0 Å². The standard InChI is InChI=1S/C21H22O4/c1-4-13-24-21(22)12-10-17-9-11-19(20(14-17)23-3)25-15-18-7-5-16(2)6-8-18/h4-12,14H,1,13,15H2,2-3H3/b12-10+. The van der Waals surface area contributed by atoms with Crippen molar-refractivity contribution in [3.8, 4) is 11.5 Å². The molecule has 0 saturated carbocycles. The van der Waals surface area contributed by atoms with Crippen LogP contribution in [0.2, 0.25) is 0 Å². The molecule has 0 spiro atoms. The third-order valence-electron chi connectivity index (χ3n) is 3.46. The van der Waals surface area contributed by atoms with Crippen LogP contribution in [0.5, 0.6) is 11.5 Å². The first-order valence-corrected chi connectivity index (χ1v) is 7.94. The van der Waals surface area contributed by atoms with Gasteiger partial charge in [0.2, 0.25) is 0 Å². The zero-order chi connectivity index (χ0) is 18.1. The Morgan fingerprint density at radius 1 is 1.12 bits per heavy atom. The lowest BCUT2D eigenvalue weighted by Crippen LogP contribution is -2.00. The van der Waals surface area contributed by atoms with E-state index in [1.54, 1.807) is 13.2 Å². The van der Waals surface area contributed by atoms with Crippen LogP contribution < -0.4 is 9.47 Å². The smallest absolute Gasteiger partial charge is 0.331 e. The van der Waals surface area contributed by atoms with Crippen LogP contribution in [0.1, 0.15) is 16.7 Å². The molecule has 0 aliphatic rings. The van der Waals surface area contributed by atoms with Gasteiger partial charge >= 0.3 is 5.97 Å². The lowest BCUT2D eigenvalue weighted by Gasteiger charge is -2.11. The van der Waals surface area contributed by atoms with Crippen LogP contribution in [0.15, 0.2) is 61.2 Å². The number of aryl methyl sites for hydroxylation is 1. The van der Waals surface area contributed by atoms with Crippen LogP contribution >= 0.6 is 0 Å². The second-order valence-electron chi connectivity index (χ2n) is 5.44. The second-order valence-corrected chi connectivity index (χ2v) is 5.44. The molecule has 25 heavy (non-hydrogen) atoms. The number of ether oxygens (including phenoxy) is 3. The predicted octanol–water partition coefficient (Wildman–Crippen LogP) is 4.33. The molecule has 0 amide bonds. The molecule has 0 aromatic heterocycles. The highest BCUT2D eigenvalue weighted by molar-refractivity contribution is 5.87. The predicted molar refractivity (Wildman–Crippen MR) is 98.7 cm³/mol. The van der Waals surface area contributed by atoms with Gasteiger partial charge in [-0.05, 0) is 36.3 Å². The number of carbonyl (C=O) groups excluding carboxylic acids is 1. The van der Waals surface area contributed by atoms with E-state index in [-0.39, 0.29) is 6.61 Å². The zero-order valence-corrected chi connectivity index (χ0v) is 14.5. The third-order valence-corrected chi connectivity index (χ3v) is 3.46. The average molecular weight is 338 g/mol. The summed E-state index contributed by atoms with van der Waals surface area (Å²) in [6.07, 6.45) is 4.55. The molecular weight excluding hydrogens is 316 g/mol. The summed E-state index contributed by atoms with van der Waals surface area (Å²) in [4.78, 5) is 11.5. The van der Waals surface area contributed by atoms with Crippen molar-refractivity contribution in [3.05, 3.63) is 77.9 Å². The number of hydrogen-bond donors (Lipinski definition) is 0. The first-order chi connectivity index (χ1) is 12.1. The maximum absolute atomic E-state index is 11.5. The topological polar surface area (TPSA) is 44.8 Å². The van der Waals surface area contributed by atoms with E-state index in [1.807, 2.05) is 37.3 Å². The molecule has 0 aliphatic heterocycles. The van der Waals surface area contributed by atoms with Gasteiger partial charge in [0.1, 0.15) is 13.2 Å². The first kappa shape index (κ1) is 18.3. The maximum atomic E-state index is 11.5. The minimum atomic E-state index is -0.418. The number of esters is 1. The minimum Gasteiger partial charge on any atom is -0.493 e. The number of hydrogen-bond acceptors (Lipinski definition) is 4. The van der Waals surface area contributed by atoms with Gasteiger partial charge in [0.05, 0.1) is 7.11 Å². The molecule has 2 aromatic carbocycles. The van der Waals surface area contributed by atoms with Gasteiger partial charge in [-0.3, -0.25) is 0 Å². The van der Waals surface area contributed by atoms with Gasteiger partial charge in [-0.25, -0.2) is 4.79 Å². The number of carbonyl (C=O) groups is 1.